The van der Waals surface area contributed by atoms with E-state index in [0.29, 0.717) is 61.9 Å². The zero-order valence-corrected chi connectivity index (χ0v) is 22.5. The molecule has 5 rings (SSSR count). The first-order valence-corrected chi connectivity index (χ1v) is 13.7. The third-order valence-electron chi connectivity index (χ3n) is 7.69. The summed E-state index contributed by atoms with van der Waals surface area (Å²) in [7, 11) is 0. The molecule has 1 N–H and O–H groups in total. The first-order valence-electron chi connectivity index (χ1n) is 13.7. The lowest BCUT2D eigenvalue weighted by Gasteiger charge is -2.35. The smallest absolute Gasteiger partial charge is 0.296 e. The fourth-order valence-corrected chi connectivity index (χ4v) is 5.83. The number of hydrogen-bond acceptors (Lipinski definition) is 7. The highest BCUT2D eigenvalue weighted by Crippen LogP contribution is 2.53. The summed E-state index contributed by atoms with van der Waals surface area (Å²) < 4.78 is 11.1. The number of aliphatic hydroxyl groups is 1. The number of benzene rings is 2. The normalized spacial score (nSPS) is 22.7. The van der Waals surface area contributed by atoms with E-state index < -0.39 is 23.1 Å². The Labute approximate surface area is 228 Å². The molecular weight excluding hydrogens is 498 g/mol. The number of hydrogen-bond donors (Lipinski definition) is 1. The van der Waals surface area contributed by atoms with Crippen LogP contribution in [0.3, 0.4) is 0 Å². The third kappa shape index (κ3) is 4.49. The summed E-state index contributed by atoms with van der Waals surface area (Å²) in [6.45, 7) is 8.59. The van der Waals surface area contributed by atoms with Crippen LogP contribution in [0, 0.1) is 0 Å². The molecule has 2 fully saturated rings. The van der Waals surface area contributed by atoms with Crippen LogP contribution in [0.1, 0.15) is 37.8 Å². The van der Waals surface area contributed by atoms with Crippen LogP contribution in [0.4, 0.5) is 5.69 Å². The lowest BCUT2D eigenvalue weighted by atomic mass is 9.82. The summed E-state index contributed by atoms with van der Waals surface area (Å²) in [6, 6.07) is 13.9. The van der Waals surface area contributed by atoms with E-state index in [2.05, 4.69) is 4.90 Å². The van der Waals surface area contributed by atoms with Gasteiger partial charge in [-0.15, -0.1) is 0 Å². The van der Waals surface area contributed by atoms with Gasteiger partial charge < -0.3 is 24.4 Å². The van der Waals surface area contributed by atoms with Crippen LogP contribution in [-0.4, -0.2) is 85.0 Å². The van der Waals surface area contributed by atoms with Crippen LogP contribution in [0.2, 0.25) is 0 Å². The second-order valence-electron chi connectivity index (χ2n) is 9.97. The summed E-state index contributed by atoms with van der Waals surface area (Å²) in [4.78, 5) is 46.8. The van der Waals surface area contributed by atoms with Crippen molar-refractivity contribution in [1.82, 2.24) is 9.80 Å². The van der Waals surface area contributed by atoms with E-state index in [9.17, 15) is 19.5 Å². The molecule has 2 aromatic rings. The molecule has 0 bridgehead atoms. The molecule has 3 heterocycles. The minimum atomic E-state index is -1.73. The summed E-state index contributed by atoms with van der Waals surface area (Å²) in [5.41, 5.74) is -0.404. The van der Waals surface area contributed by atoms with Crippen molar-refractivity contribution < 1.29 is 29.0 Å². The molecule has 0 radical (unpaired) electrons. The van der Waals surface area contributed by atoms with Crippen molar-refractivity contribution >= 4 is 29.0 Å². The Kier molecular flexibility index (Phi) is 7.72. The van der Waals surface area contributed by atoms with Gasteiger partial charge in [0.15, 0.2) is 5.54 Å². The maximum Gasteiger partial charge on any atom is 0.296 e. The van der Waals surface area contributed by atoms with Crippen molar-refractivity contribution in [2.24, 2.45) is 0 Å². The zero-order valence-electron chi connectivity index (χ0n) is 22.5. The van der Waals surface area contributed by atoms with E-state index in [-0.39, 0.29) is 17.9 Å². The average molecular weight is 534 g/mol. The van der Waals surface area contributed by atoms with Crippen LogP contribution in [0.15, 0.2) is 54.1 Å². The first kappa shape index (κ1) is 26.9. The van der Waals surface area contributed by atoms with Crippen molar-refractivity contribution in [3.05, 3.63) is 65.2 Å². The van der Waals surface area contributed by atoms with Crippen LogP contribution in [0.25, 0.3) is 5.76 Å². The number of aliphatic hydroxyl groups excluding tert-OH is 1. The second-order valence-corrected chi connectivity index (χ2v) is 9.97. The minimum absolute atomic E-state index is 0.186. The van der Waals surface area contributed by atoms with Gasteiger partial charge in [-0.25, -0.2) is 0 Å². The number of para-hydroxylation sites is 1. The highest BCUT2D eigenvalue weighted by atomic mass is 16.5. The highest BCUT2D eigenvalue weighted by Gasteiger charge is 2.66. The molecule has 0 aromatic heterocycles. The number of Topliss-reactive ketones (excluding diaryl/α,β-unsaturated/α-hetero) is 1. The van der Waals surface area contributed by atoms with Crippen LogP contribution >= 0.6 is 0 Å². The number of amides is 2. The van der Waals surface area contributed by atoms with Gasteiger partial charge in [0.1, 0.15) is 11.5 Å². The molecule has 9 nitrogen and oxygen atoms in total. The largest absolute Gasteiger partial charge is 0.507 e. The predicted octanol–water partition coefficient (Wildman–Crippen LogP) is 3.14. The van der Waals surface area contributed by atoms with Gasteiger partial charge in [-0.1, -0.05) is 25.1 Å². The molecule has 1 unspecified atom stereocenters. The van der Waals surface area contributed by atoms with E-state index in [1.807, 2.05) is 26.0 Å². The Morgan fingerprint density at radius 1 is 1.00 bits per heavy atom. The van der Waals surface area contributed by atoms with Crippen molar-refractivity contribution in [2.75, 3.05) is 57.4 Å². The van der Waals surface area contributed by atoms with Crippen molar-refractivity contribution in [3.63, 3.8) is 0 Å². The molecule has 39 heavy (non-hydrogen) atoms. The Bertz CT molecular complexity index is 1280. The van der Waals surface area contributed by atoms with E-state index in [1.54, 1.807) is 41.3 Å². The molecule has 3 aliphatic rings. The number of ether oxygens (including phenoxy) is 2. The molecule has 2 saturated heterocycles. The molecule has 206 valence electrons. The van der Waals surface area contributed by atoms with Gasteiger partial charge in [-0.3, -0.25) is 19.3 Å². The van der Waals surface area contributed by atoms with Crippen LogP contribution in [0.5, 0.6) is 5.75 Å². The molecule has 2 aromatic carbocycles. The van der Waals surface area contributed by atoms with Crippen molar-refractivity contribution in [2.45, 2.75) is 32.2 Å². The maximum atomic E-state index is 14.3. The molecular formula is C30H35N3O6. The summed E-state index contributed by atoms with van der Waals surface area (Å²) in [5.74, 6) is -1.77. The minimum Gasteiger partial charge on any atom is -0.507 e. The number of carbonyl (C=O) groups excluding carboxylic acids is 3. The SMILES string of the molecule is CCCOc1ccc(/C(O)=C2/C(=O)C(=O)N(CCCN3CCOCC3)C23C(=O)N(CC)c2ccccc23)cc1. The number of morpholine rings is 1. The van der Waals surface area contributed by atoms with Crippen molar-refractivity contribution in [1.29, 1.82) is 0 Å². The topological polar surface area (TPSA) is 99.6 Å². The van der Waals surface area contributed by atoms with Gasteiger partial charge in [0.05, 0.1) is 31.1 Å². The molecule has 0 aliphatic carbocycles. The van der Waals surface area contributed by atoms with Crippen molar-refractivity contribution in [3.8, 4) is 5.75 Å². The van der Waals surface area contributed by atoms with Crippen LogP contribution < -0.4 is 9.64 Å². The summed E-state index contributed by atoms with van der Waals surface area (Å²) >= 11 is 0. The molecule has 2 amide bonds. The Morgan fingerprint density at radius 3 is 2.41 bits per heavy atom. The fourth-order valence-electron chi connectivity index (χ4n) is 5.83. The molecule has 3 aliphatic heterocycles. The Morgan fingerprint density at radius 2 is 1.72 bits per heavy atom. The quantitative estimate of drug-likeness (QED) is 0.300. The van der Waals surface area contributed by atoms with Gasteiger partial charge in [-0.2, -0.15) is 0 Å². The Hall–Kier alpha value is -3.69. The van der Waals surface area contributed by atoms with Crippen LogP contribution in [-0.2, 0) is 24.7 Å². The Balaban J connectivity index is 1.60. The number of likely N-dealkylation sites (tertiary alicyclic amines) is 1. The van der Waals surface area contributed by atoms with E-state index in [4.69, 9.17) is 9.47 Å². The number of ketones is 1. The summed E-state index contributed by atoms with van der Waals surface area (Å²) in [6.07, 6.45) is 1.42. The number of likely N-dealkylation sites (N-methyl/N-ethyl adjacent to an activating group) is 1. The monoisotopic (exact) mass is 533 g/mol. The lowest BCUT2D eigenvalue weighted by molar-refractivity contribution is -0.143. The van der Waals surface area contributed by atoms with Gasteiger partial charge >= 0.3 is 0 Å². The fraction of sp³-hybridized carbons (Fsp3) is 0.433. The number of nitrogens with zero attached hydrogens (tertiary/aromatic N) is 3. The molecule has 1 atom stereocenters. The highest BCUT2D eigenvalue weighted by molar-refractivity contribution is 6.50. The molecule has 0 saturated carbocycles. The van der Waals surface area contributed by atoms with Gasteiger partial charge in [-0.05, 0) is 50.1 Å². The second kappa shape index (κ2) is 11.2. The standard InChI is InChI=1S/C30H35N3O6/c1-3-18-39-22-12-10-21(11-13-22)26(34)25-27(35)28(36)33(15-7-14-31-16-19-38-20-17-31)30(25)23-8-5-6-9-24(23)32(4-2)29(30)37/h5-6,8-13,34H,3-4,7,14-20H2,1-2H3/b26-25+. The predicted molar refractivity (Wildman–Crippen MR) is 147 cm³/mol. The van der Waals surface area contributed by atoms with Gasteiger partial charge in [0.2, 0.25) is 0 Å². The number of carbonyl (C=O) groups is 3. The number of fused-ring (bicyclic) bond motifs is 2. The lowest BCUT2D eigenvalue weighted by Crippen LogP contribution is -2.52. The average Bonchev–Trinajstić information content (AvgIpc) is 3.35. The first-order chi connectivity index (χ1) is 18.9. The maximum absolute atomic E-state index is 14.3. The van der Waals surface area contributed by atoms with Gasteiger partial charge in [0.25, 0.3) is 17.6 Å². The van der Waals surface area contributed by atoms with E-state index in [1.165, 1.54) is 4.90 Å². The third-order valence-corrected chi connectivity index (χ3v) is 7.69. The van der Waals surface area contributed by atoms with E-state index >= 15 is 0 Å². The number of anilines is 1. The zero-order chi connectivity index (χ0) is 27.6. The number of rotatable bonds is 9. The molecule has 9 heteroatoms. The van der Waals surface area contributed by atoms with Gasteiger partial charge in [0, 0.05) is 43.9 Å². The summed E-state index contributed by atoms with van der Waals surface area (Å²) in [5, 5.41) is 11.6. The van der Waals surface area contributed by atoms with E-state index in [0.717, 1.165) is 19.5 Å². The molecule has 1 spiro atoms.